The van der Waals surface area contributed by atoms with E-state index in [2.05, 4.69) is 14.9 Å². The molecular weight excluding hydrogens is 250 g/mol. The molecule has 0 amide bonds. The summed E-state index contributed by atoms with van der Waals surface area (Å²) in [6.45, 7) is 4.98. The predicted molar refractivity (Wildman–Crippen MR) is 74.0 cm³/mol. The minimum absolute atomic E-state index is 0.696. The Kier molecular flexibility index (Phi) is 4.58. The van der Waals surface area contributed by atoms with Crippen LogP contribution in [0.4, 0.5) is 0 Å². The molecule has 0 fully saturated rings. The summed E-state index contributed by atoms with van der Waals surface area (Å²) in [5.74, 6) is 1.01. The van der Waals surface area contributed by atoms with Gasteiger partial charge in [-0.15, -0.1) is 0 Å². The number of imidazole rings is 1. The Morgan fingerprint density at radius 1 is 1.44 bits per heavy atom. The van der Waals surface area contributed by atoms with Crippen molar-refractivity contribution in [2.45, 2.75) is 20.0 Å². The first-order valence-electron chi connectivity index (χ1n) is 6.13. The zero-order chi connectivity index (χ0) is 13.0. The van der Waals surface area contributed by atoms with Crippen molar-refractivity contribution in [3.05, 3.63) is 29.0 Å². The Morgan fingerprint density at radius 2 is 2.28 bits per heavy atom. The molecule has 2 aromatic rings. The molecule has 0 saturated carbocycles. The number of nitrogens with zero attached hydrogens (tertiary/aromatic N) is 2. The van der Waals surface area contributed by atoms with Crippen molar-refractivity contribution in [2.24, 2.45) is 0 Å². The number of hydrogen-bond donors (Lipinski definition) is 1. The highest BCUT2D eigenvalue weighted by Gasteiger charge is 2.10. The third-order valence-corrected chi connectivity index (χ3v) is 3.02. The van der Waals surface area contributed by atoms with Gasteiger partial charge in [-0.2, -0.15) is 0 Å². The van der Waals surface area contributed by atoms with E-state index in [0.717, 1.165) is 36.6 Å². The van der Waals surface area contributed by atoms with Crippen LogP contribution in [0.2, 0.25) is 5.02 Å². The SMILES string of the molecule is CCOCCn1c(CNC)nc2cc(Cl)ccc21. The number of rotatable bonds is 6. The van der Waals surface area contributed by atoms with E-state index in [0.29, 0.717) is 11.6 Å². The summed E-state index contributed by atoms with van der Waals surface area (Å²) in [5, 5.41) is 3.85. The predicted octanol–water partition coefficient (Wildman–Crippen LogP) is 2.45. The average Bonchev–Trinajstić information content (AvgIpc) is 2.67. The average molecular weight is 268 g/mol. The number of nitrogens with one attached hydrogen (secondary N) is 1. The lowest BCUT2D eigenvalue weighted by atomic mass is 10.3. The number of fused-ring (bicyclic) bond motifs is 1. The van der Waals surface area contributed by atoms with Gasteiger partial charge in [0, 0.05) is 18.2 Å². The maximum absolute atomic E-state index is 5.99. The quantitative estimate of drug-likeness (QED) is 0.817. The lowest BCUT2D eigenvalue weighted by molar-refractivity contribution is 0.139. The van der Waals surface area contributed by atoms with Gasteiger partial charge in [0.2, 0.25) is 0 Å². The van der Waals surface area contributed by atoms with Gasteiger partial charge in [0.05, 0.1) is 24.2 Å². The first-order valence-corrected chi connectivity index (χ1v) is 6.51. The molecule has 0 unspecified atom stereocenters. The summed E-state index contributed by atoms with van der Waals surface area (Å²) >= 11 is 5.99. The summed E-state index contributed by atoms with van der Waals surface area (Å²) in [4.78, 5) is 4.60. The molecule has 1 aromatic heterocycles. The van der Waals surface area contributed by atoms with E-state index >= 15 is 0 Å². The van der Waals surface area contributed by atoms with Gasteiger partial charge in [0.1, 0.15) is 5.82 Å². The summed E-state index contributed by atoms with van der Waals surface area (Å²) in [7, 11) is 1.92. The van der Waals surface area contributed by atoms with Gasteiger partial charge >= 0.3 is 0 Å². The van der Waals surface area contributed by atoms with Crippen LogP contribution in [0.25, 0.3) is 11.0 Å². The van der Waals surface area contributed by atoms with Crippen molar-refractivity contribution in [3.8, 4) is 0 Å². The molecule has 1 N–H and O–H groups in total. The van der Waals surface area contributed by atoms with Gasteiger partial charge in [0.15, 0.2) is 0 Å². The summed E-state index contributed by atoms with van der Waals surface area (Å²) in [6, 6.07) is 5.80. The molecule has 0 atom stereocenters. The minimum atomic E-state index is 0.696. The highest BCUT2D eigenvalue weighted by Crippen LogP contribution is 2.20. The number of aromatic nitrogens is 2. The minimum Gasteiger partial charge on any atom is -0.380 e. The van der Waals surface area contributed by atoms with E-state index in [1.54, 1.807) is 0 Å². The molecule has 98 valence electrons. The lowest BCUT2D eigenvalue weighted by Crippen LogP contribution is -2.14. The molecule has 1 heterocycles. The van der Waals surface area contributed by atoms with Gasteiger partial charge in [-0.1, -0.05) is 11.6 Å². The largest absolute Gasteiger partial charge is 0.380 e. The van der Waals surface area contributed by atoms with Gasteiger partial charge in [0.25, 0.3) is 0 Å². The van der Waals surface area contributed by atoms with Crippen LogP contribution in [0, 0.1) is 0 Å². The Morgan fingerprint density at radius 3 is 3.00 bits per heavy atom. The van der Waals surface area contributed by atoms with Crippen LogP contribution in [-0.4, -0.2) is 29.8 Å². The smallest absolute Gasteiger partial charge is 0.123 e. The van der Waals surface area contributed by atoms with E-state index in [4.69, 9.17) is 16.3 Å². The lowest BCUT2D eigenvalue weighted by Gasteiger charge is -2.08. The van der Waals surface area contributed by atoms with Crippen molar-refractivity contribution in [1.82, 2.24) is 14.9 Å². The fourth-order valence-electron chi connectivity index (χ4n) is 2.00. The molecule has 2 rings (SSSR count). The number of ether oxygens (including phenoxy) is 1. The van der Waals surface area contributed by atoms with E-state index in [-0.39, 0.29) is 0 Å². The number of benzene rings is 1. The van der Waals surface area contributed by atoms with Gasteiger partial charge in [-0.3, -0.25) is 0 Å². The molecule has 0 saturated heterocycles. The number of halogens is 1. The highest BCUT2D eigenvalue weighted by molar-refractivity contribution is 6.31. The molecule has 4 nitrogen and oxygen atoms in total. The highest BCUT2D eigenvalue weighted by atomic mass is 35.5. The third kappa shape index (κ3) is 2.83. The van der Waals surface area contributed by atoms with Gasteiger partial charge < -0.3 is 14.6 Å². The Balaban J connectivity index is 2.35. The van der Waals surface area contributed by atoms with Crippen molar-refractivity contribution in [3.63, 3.8) is 0 Å². The Bertz CT molecular complexity index is 524. The zero-order valence-corrected chi connectivity index (χ0v) is 11.5. The Hall–Kier alpha value is -1.10. The molecule has 0 aliphatic heterocycles. The van der Waals surface area contributed by atoms with Crippen LogP contribution in [0.5, 0.6) is 0 Å². The van der Waals surface area contributed by atoms with Crippen molar-refractivity contribution < 1.29 is 4.74 Å². The van der Waals surface area contributed by atoms with Crippen LogP contribution >= 0.6 is 11.6 Å². The molecule has 0 spiro atoms. The fraction of sp³-hybridized carbons (Fsp3) is 0.462. The second-order valence-corrected chi connectivity index (χ2v) is 4.48. The maximum Gasteiger partial charge on any atom is 0.123 e. The van der Waals surface area contributed by atoms with Crippen molar-refractivity contribution >= 4 is 22.6 Å². The first kappa shape index (κ1) is 13.3. The van der Waals surface area contributed by atoms with E-state index < -0.39 is 0 Å². The third-order valence-electron chi connectivity index (χ3n) is 2.79. The van der Waals surface area contributed by atoms with Crippen LogP contribution in [0.15, 0.2) is 18.2 Å². The molecule has 0 radical (unpaired) electrons. The molecule has 5 heteroatoms. The molecule has 0 bridgehead atoms. The summed E-state index contributed by atoms with van der Waals surface area (Å²) in [5.41, 5.74) is 2.04. The molecule has 18 heavy (non-hydrogen) atoms. The Labute approximate surface area is 112 Å². The second-order valence-electron chi connectivity index (χ2n) is 4.04. The van der Waals surface area contributed by atoms with Crippen molar-refractivity contribution in [2.75, 3.05) is 20.3 Å². The standard InChI is InChI=1S/C13H18ClN3O/c1-3-18-7-6-17-12-5-4-10(14)8-11(12)16-13(17)9-15-2/h4-5,8,15H,3,6-7,9H2,1-2H3. The molecule has 0 aliphatic carbocycles. The summed E-state index contributed by atoms with van der Waals surface area (Å²) in [6.07, 6.45) is 0. The van der Waals surface area contributed by atoms with E-state index in [1.165, 1.54) is 0 Å². The van der Waals surface area contributed by atoms with Crippen molar-refractivity contribution in [1.29, 1.82) is 0 Å². The van der Waals surface area contributed by atoms with Crippen LogP contribution in [0.3, 0.4) is 0 Å². The van der Waals surface area contributed by atoms with E-state index in [9.17, 15) is 0 Å². The maximum atomic E-state index is 5.99. The van der Waals surface area contributed by atoms with Gasteiger partial charge in [-0.05, 0) is 32.2 Å². The second kappa shape index (κ2) is 6.18. The fourth-order valence-corrected chi connectivity index (χ4v) is 2.16. The first-order chi connectivity index (χ1) is 8.76. The molecular formula is C13H18ClN3O. The normalized spacial score (nSPS) is 11.3. The van der Waals surface area contributed by atoms with Crippen LogP contribution in [0.1, 0.15) is 12.7 Å². The molecule has 1 aromatic carbocycles. The zero-order valence-electron chi connectivity index (χ0n) is 10.7. The molecule has 0 aliphatic rings. The van der Waals surface area contributed by atoms with E-state index in [1.807, 2.05) is 32.2 Å². The summed E-state index contributed by atoms with van der Waals surface area (Å²) < 4.78 is 7.60. The monoisotopic (exact) mass is 267 g/mol. The van der Waals surface area contributed by atoms with Crippen LogP contribution in [-0.2, 0) is 17.8 Å². The topological polar surface area (TPSA) is 39.1 Å². The van der Waals surface area contributed by atoms with Crippen LogP contribution < -0.4 is 5.32 Å². The van der Waals surface area contributed by atoms with Gasteiger partial charge in [-0.25, -0.2) is 4.98 Å². The number of hydrogen-bond acceptors (Lipinski definition) is 3.